The molecular formula is C14H13F7N4O. The van der Waals surface area contributed by atoms with E-state index in [0.29, 0.717) is 11.2 Å². The quantitative estimate of drug-likeness (QED) is 0.614. The molecule has 0 aliphatic heterocycles. The van der Waals surface area contributed by atoms with Gasteiger partial charge in [-0.05, 0) is 25.3 Å². The molecule has 0 bridgehead atoms. The van der Waals surface area contributed by atoms with Crippen LogP contribution in [0.15, 0.2) is 18.5 Å². The molecule has 2 aromatic heterocycles. The molecule has 1 N–H and O–H groups in total. The smallest absolute Gasteiger partial charge is 0.351 e. The highest BCUT2D eigenvalue weighted by Gasteiger charge is 2.76. The SMILES string of the molecule is Cc1cc2ncc(CCCNC(=O)C(F)(F)C(F)(F)C(F)(F)F)cn2n1. The average molecular weight is 386 g/mol. The molecule has 12 heteroatoms. The number of rotatable bonds is 6. The van der Waals surface area contributed by atoms with Crippen LogP contribution in [0.2, 0.25) is 0 Å². The van der Waals surface area contributed by atoms with E-state index >= 15 is 0 Å². The van der Waals surface area contributed by atoms with Gasteiger partial charge in [0.2, 0.25) is 0 Å². The number of hydrogen-bond acceptors (Lipinski definition) is 3. The van der Waals surface area contributed by atoms with E-state index in [1.54, 1.807) is 19.2 Å². The minimum absolute atomic E-state index is 0.0207. The fourth-order valence-corrected chi connectivity index (χ4v) is 2.09. The second-order valence-electron chi connectivity index (χ2n) is 5.56. The molecule has 26 heavy (non-hydrogen) atoms. The van der Waals surface area contributed by atoms with E-state index < -0.39 is 30.5 Å². The number of aryl methyl sites for hydroxylation is 2. The van der Waals surface area contributed by atoms with Crippen LogP contribution < -0.4 is 5.32 Å². The second kappa shape index (κ2) is 6.72. The number of hydrogen-bond donors (Lipinski definition) is 1. The van der Waals surface area contributed by atoms with Gasteiger partial charge >= 0.3 is 18.0 Å². The fraction of sp³-hybridized carbons (Fsp3) is 0.500. The van der Waals surface area contributed by atoms with Crippen LogP contribution in [0, 0.1) is 6.92 Å². The van der Waals surface area contributed by atoms with Crippen molar-refractivity contribution in [2.75, 3.05) is 6.54 Å². The van der Waals surface area contributed by atoms with Crippen LogP contribution >= 0.6 is 0 Å². The van der Waals surface area contributed by atoms with Crippen molar-refractivity contribution < 1.29 is 35.5 Å². The molecule has 2 heterocycles. The summed E-state index contributed by atoms with van der Waals surface area (Å²) in [5, 5.41) is 5.51. The van der Waals surface area contributed by atoms with Crippen molar-refractivity contribution >= 4 is 11.6 Å². The summed E-state index contributed by atoms with van der Waals surface area (Å²) in [7, 11) is 0. The lowest BCUT2D eigenvalue weighted by atomic mass is 10.1. The Labute approximate surface area is 142 Å². The van der Waals surface area contributed by atoms with E-state index in [-0.39, 0.29) is 12.8 Å². The number of aromatic nitrogens is 3. The van der Waals surface area contributed by atoms with Gasteiger partial charge in [0.15, 0.2) is 5.65 Å². The van der Waals surface area contributed by atoms with E-state index in [1.807, 2.05) is 0 Å². The van der Waals surface area contributed by atoms with Crippen molar-refractivity contribution in [2.24, 2.45) is 0 Å². The maximum atomic E-state index is 13.1. The Bertz CT molecular complexity index is 800. The van der Waals surface area contributed by atoms with Gasteiger partial charge in [-0.2, -0.15) is 35.8 Å². The van der Waals surface area contributed by atoms with Crippen LogP contribution in [0.3, 0.4) is 0 Å². The third-order valence-corrected chi connectivity index (χ3v) is 3.45. The van der Waals surface area contributed by atoms with Crippen LogP contribution in [-0.2, 0) is 11.2 Å². The highest BCUT2D eigenvalue weighted by molar-refractivity contribution is 5.84. The summed E-state index contributed by atoms with van der Waals surface area (Å²) >= 11 is 0. The van der Waals surface area contributed by atoms with E-state index in [9.17, 15) is 35.5 Å². The number of halogens is 7. The van der Waals surface area contributed by atoms with Crippen LogP contribution in [0.5, 0.6) is 0 Å². The predicted molar refractivity (Wildman–Crippen MR) is 75.0 cm³/mol. The minimum Gasteiger partial charge on any atom is -0.351 e. The molecule has 0 saturated heterocycles. The van der Waals surface area contributed by atoms with Gasteiger partial charge in [-0.3, -0.25) is 4.79 Å². The Morgan fingerprint density at radius 2 is 1.85 bits per heavy atom. The average Bonchev–Trinajstić information content (AvgIpc) is 2.89. The lowest BCUT2D eigenvalue weighted by Gasteiger charge is -2.27. The van der Waals surface area contributed by atoms with E-state index in [1.165, 1.54) is 16.0 Å². The minimum atomic E-state index is -6.54. The molecule has 5 nitrogen and oxygen atoms in total. The molecule has 2 rings (SSSR count). The monoisotopic (exact) mass is 386 g/mol. The number of nitrogens with one attached hydrogen (secondary N) is 1. The summed E-state index contributed by atoms with van der Waals surface area (Å²) in [4.78, 5) is 15.2. The highest BCUT2D eigenvalue weighted by atomic mass is 19.4. The maximum absolute atomic E-state index is 13.1. The second-order valence-corrected chi connectivity index (χ2v) is 5.56. The van der Waals surface area contributed by atoms with Crippen molar-refractivity contribution in [3.63, 3.8) is 0 Å². The van der Waals surface area contributed by atoms with Crippen LogP contribution in [0.25, 0.3) is 5.65 Å². The standard InChI is InChI=1S/C14H13F7N4O/c1-8-5-10-23-6-9(7-25(10)24-8)3-2-4-22-11(26)12(15,16)13(17,18)14(19,20)21/h5-7H,2-4H2,1H3,(H,22,26). The first kappa shape index (κ1) is 19.9. The summed E-state index contributed by atoms with van der Waals surface area (Å²) in [6.45, 7) is 1.24. The molecule has 0 aromatic carbocycles. The predicted octanol–water partition coefficient (Wildman–Crippen LogP) is 2.92. The number of nitrogens with zero attached hydrogens (tertiary/aromatic N) is 3. The Morgan fingerprint density at radius 1 is 1.19 bits per heavy atom. The molecule has 144 valence electrons. The number of fused-ring (bicyclic) bond motifs is 1. The fourth-order valence-electron chi connectivity index (χ4n) is 2.09. The molecule has 0 fully saturated rings. The summed E-state index contributed by atoms with van der Waals surface area (Å²) in [6.07, 6.45) is -3.23. The van der Waals surface area contributed by atoms with Gasteiger partial charge in [0.1, 0.15) is 0 Å². The molecule has 0 unspecified atom stereocenters. The van der Waals surface area contributed by atoms with Gasteiger partial charge in [-0.25, -0.2) is 9.50 Å². The molecule has 0 aliphatic rings. The first-order valence-corrected chi connectivity index (χ1v) is 7.28. The lowest BCUT2D eigenvalue weighted by molar-refractivity contribution is -0.344. The molecule has 0 radical (unpaired) electrons. The van der Waals surface area contributed by atoms with Gasteiger partial charge in [0.25, 0.3) is 5.91 Å². The number of alkyl halides is 7. The van der Waals surface area contributed by atoms with Crippen LogP contribution in [0.4, 0.5) is 30.7 Å². The van der Waals surface area contributed by atoms with Gasteiger partial charge in [-0.1, -0.05) is 0 Å². The number of carbonyl (C=O) groups is 1. The first-order chi connectivity index (χ1) is 11.9. The van der Waals surface area contributed by atoms with E-state index in [4.69, 9.17) is 0 Å². The van der Waals surface area contributed by atoms with E-state index in [2.05, 4.69) is 10.1 Å². The van der Waals surface area contributed by atoms with Gasteiger partial charge in [0.05, 0.1) is 5.69 Å². The molecule has 0 saturated carbocycles. The summed E-state index contributed by atoms with van der Waals surface area (Å²) < 4.78 is 89.2. The van der Waals surface area contributed by atoms with Gasteiger partial charge in [0, 0.05) is 25.0 Å². The molecule has 2 aromatic rings. The zero-order chi connectivity index (χ0) is 19.8. The summed E-state index contributed by atoms with van der Waals surface area (Å²) in [5.74, 6) is -15.0. The molecular weight excluding hydrogens is 373 g/mol. The molecule has 1 amide bonds. The van der Waals surface area contributed by atoms with Crippen LogP contribution in [0.1, 0.15) is 17.7 Å². The number of amides is 1. The largest absolute Gasteiger partial charge is 0.460 e. The Kier molecular flexibility index (Phi) is 5.15. The third kappa shape index (κ3) is 3.73. The Hall–Kier alpha value is -2.40. The van der Waals surface area contributed by atoms with E-state index in [0.717, 1.165) is 5.69 Å². The third-order valence-electron chi connectivity index (χ3n) is 3.45. The topological polar surface area (TPSA) is 59.3 Å². The van der Waals surface area contributed by atoms with Crippen molar-refractivity contribution in [3.8, 4) is 0 Å². The van der Waals surface area contributed by atoms with Gasteiger partial charge in [-0.15, -0.1) is 0 Å². The molecule has 0 spiro atoms. The van der Waals surface area contributed by atoms with Crippen molar-refractivity contribution in [2.45, 2.75) is 37.8 Å². The highest BCUT2D eigenvalue weighted by Crippen LogP contribution is 2.46. The summed E-state index contributed by atoms with van der Waals surface area (Å²) in [6, 6.07) is 1.72. The molecule has 0 atom stereocenters. The molecule has 0 aliphatic carbocycles. The Morgan fingerprint density at radius 3 is 2.46 bits per heavy atom. The first-order valence-electron chi connectivity index (χ1n) is 7.28. The zero-order valence-corrected chi connectivity index (χ0v) is 13.2. The maximum Gasteiger partial charge on any atom is 0.460 e. The van der Waals surface area contributed by atoms with Crippen molar-refractivity contribution in [1.29, 1.82) is 0 Å². The number of carbonyl (C=O) groups excluding carboxylic acids is 1. The van der Waals surface area contributed by atoms with Crippen molar-refractivity contribution in [1.82, 2.24) is 19.9 Å². The normalized spacial score (nSPS) is 13.2. The van der Waals surface area contributed by atoms with Crippen molar-refractivity contribution in [3.05, 3.63) is 29.7 Å². The van der Waals surface area contributed by atoms with Gasteiger partial charge < -0.3 is 5.32 Å². The summed E-state index contributed by atoms with van der Waals surface area (Å²) in [5.41, 5.74) is 1.91. The lowest BCUT2D eigenvalue weighted by Crippen LogP contribution is -2.59. The van der Waals surface area contributed by atoms with Crippen LogP contribution in [-0.4, -0.2) is 45.1 Å². The Balaban J connectivity index is 1.91. The zero-order valence-electron chi connectivity index (χ0n) is 13.2.